The Bertz CT molecular complexity index is 526. The van der Waals surface area contributed by atoms with Gasteiger partial charge in [0, 0.05) is 25.7 Å². The highest BCUT2D eigenvalue weighted by molar-refractivity contribution is 7.89. The van der Waals surface area contributed by atoms with Gasteiger partial charge in [0.15, 0.2) is 0 Å². The predicted octanol–water partition coefficient (Wildman–Crippen LogP) is 1.11. The summed E-state index contributed by atoms with van der Waals surface area (Å²) < 4.78 is 27.4. The number of benzene rings is 1. The van der Waals surface area contributed by atoms with Gasteiger partial charge in [0.2, 0.25) is 10.0 Å². The SMILES string of the molecule is COCCCC#Cc1ccccc1S(N)(=O)=O. The average molecular weight is 253 g/mol. The van der Waals surface area contributed by atoms with Gasteiger partial charge in [-0.2, -0.15) is 0 Å². The van der Waals surface area contributed by atoms with Crippen molar-refractivity contribution in [3.63, 3.8) is 0 Å². The van der Waals surface area contributed by atoms with Crippen LogP contribution in [0.3, 0.4) is 0 Å². The molecule has 0 saturated heterocycles. The van der Waals surface area contributed by atoms with E-state index in [0.29, 0.717) is 18.6 Å². The molecule has 0 aliphatic rings. The van der Waals surface area contributed by atoms with Crippen molar-refractivity contribution in [3.05, 3.63) is 29.8 Å². The lowest BCUT2D eigenvalue weighted by molar-refractivity contribution is 0.196. The standard InChI is InChI=1S/C12H15NO3S/c1-16-10-6-2-3-7-11-8-4-5-9-12(11)17(13,14)15/h4-5,8-9H,2,6,10H2,1H3,(H2,13,14,15). The summed E-state index contributed by atoms with van der Waals surface area (Å²) in [6, 6.07) is 6.45. The largest absolute Gasteiger partial charge is 0.385 e. The van der Waals surface area contributed by atoms with E-state index in [1.54, 1.807) is 25.3 Å². The summed E-state index contributed by atoms with van der Waals surface area (Å²) >= 11 is 0. The number of hydrogen-bond acceptors (Lipinski definition) is 3. The maximum absolute atomic E-state index is 11.3. The third kappa shape index (κ3) is 4.57. The van der Waals surface area contributed by atoms with Crippen molar-refractivity contribution in [3.8, 4) is 11.8 Å². The Morgan fingerprint density at radius 3 is 2.71 bits per heavy atom. The quantitative estimate of drug-likeness (QED) is 0.645. The van der Waals surface area contributed by atoms with Crippen molar-refractivity contribution in [2.75, 3.05) is 13.7 Å². The number of hydrogen-bond donors (Lipinski definition) is 1. The molecular formula is C12H15NO3S. The van der Waals surface area contributed by atoms with E-state index in [2.05, 4.69) is 11.8 Å². The summed E-state index contributed by atoms with van der Waals surface area (Å²) in [5.74, 6) is 5.71. The molecule has 0 fully saturated rings. The molecule has 5 heteroatoms. The minimum Gasteiger partial charge on any atom is -0.385 e. The van der Waals surface area contributed by atoms with Gasteiger partial charge < -0.3 is 4.74 Å². The Kier molecular flexibility index (Phi) is 5.16. The van der Waals surface area contributed by atoms with Crippen molar-refractivity contribution in [2.45, 2.75) is 17.7 Å². The second kappa shape index (κ2) is 6.40. The van der Waals surface area contributed by atoms with Gasteiger partial charge in [0.1, 0.15) is 0 Å². The highest BCUT2D eigenvalue weighted by atomic mass is 32.2. The molecule has 0 aliphatic heterocycles. The molecular weight excluding hydrogens is 238 g/mol. The van der Waals surface area contributed by atoms with Crippen LogP contribution < -0.4 is 5.14 Å². The highest BCUT2D eigenvalue weighted by Crippen LogP contribution is 2.12. The summed E-state index contributed by atoms with van der Waals surface area (Å²) in [5, 5.41) is 5.09. The van der Waals surface area contributed by atoms with Gasteiger partial charge in [-0.05, 0) is 18.6 Å². The minimum absolute atomic E-state index is 0.0687. The van der Waals surface area contributed by atoms with Crippen molar-refractivity contribution in [1.82, 2.24) is 0 Å². The topological polar surface area (TPSA) is 69.4 Å². The van der Waals surface area contributed by atoms with E-state index in [1.165, 1.54) is 6.07 Å². The average Bonchev–Trinajstić information content (AvgIpc) is 2.28. The maximum atomic E-state index is 11.3. The van der Waals surface area contributed by atoms with Gasteiger partial charge in [-0.25, -0.2) is 13.6 Å². The van der Waals surface area contributed by atoms with Crippen LogP contribution in [-0.4, -0.2) is 22.1 Å². The summed E-state index contributed by atoms with van der Waals surface area (Å²) in [4.78, 5) is 0.0687. The van der Waals surface area contributed by atoms with Crippen molar-refractivity contribution in [1.29, 1.82) is 0 Å². The van der Waals surface area contributed by atoms with Crippen molar-refractivity contribution >= 4 is 10.0 Å². The van der Waals surface area contributed by atoms with Gasteiger partial charge >= 0.3 is 0 Å². The lowest BCUT2D eigenvalue weighted by Gasteiger charge is -2.00. The van der Waals surface area contributed by atoms with Gasteiger partial charge in [-0.3, -0.25) is 0 Å². The van der Waals surface area contributed by atoms with Crippen LogP contribution in [0, 0.1) is 11.8 Å². The zero-order valence-electron chi connectivity index (χ0n) is 9.64. The third-order valence-electron chi connectivity index (χ3n) is 2.07. The summed E-state index contributed by atoms with van der Waals surface area (Å²) in [6.07, 6.45) is 1.48. The van der Waals surface area contributed by atoms with Gasteiger partial charge in [-0.1, -0.05) is 24.0 Å². The van der Waals surface area contributed by atoms with Gasteiger partial charge in [0.05, 0.1) is 4.90 Å². The Hall–Kier alpha value is -1.35. The van der Waals surface area contributed by atoms with Crippen molar-refractivity contribution < 1.29 is 13.2 Å². The second-order valence-corrected chi connectivity index (χ2v) is 4.97. The molecule has 92 valence electrons. The molecule has 2 N–H and O–H groups in total. The molecule has 0 aliphatic carbocycles. The van der Waals surface area contributed by atoms with Gasteiger partial charge in [0.25, 0.3) is 0 Å². The zero-order valence-corrected chi connectivity index (χ0v) is 10.5. The first-order chi connectivity index (χ1) is 8.05. The Morgan fingerprint density at radius 1 is 1.35 bits per heavy atom. The van der Waals surface area contributed by atoms with E-state index >= 15 is 0 Å². The molecule has 0 atom stereocenters. The van der Waals surface area contributed by atoms with Crippen LogP contribution in [0.25, 0.3) is 0 Å². The van der Waals surface area contributed by atoms with E-state index in [4.69, 9.17) is 9.88 Å². The summed E-state index contributed by atoms with van der Waals surface area (Å²) in [5.41, 5.74) is 0.437. The second-order valence-electron chi connectivity index (χ2n) is 3.44. The van der Waals surface area contributed by atoms with E-state index in [1.807, 2.05) is 0 Å². The van der Waals surface area contributed by atoms with Crippen LogP contribution in [0.15, 0.2) is 29.2 Å². The summed E-state index contributed by atoms with van der Waals surface area (Å²) in [6.45, 7) is 0.644. The van der Waals surface area contributed by atoms with Crippen LogP contribution in [0.4, 0.5) is 0 Å². The van der Waals surface area contributed by atoms with Crippen LogP contribution in [0.2, 0.25) is 0 Å². The first-order valence-electron chi connectivity index (χ1n) is 5.15. The fraction of sp³-hybridized carbons (Fsp3) is 0.333. The number of ether oxygens (including phenoxy) is 1. The predicted molar refractivity (Wildman–Crippen MR) is 65.8 cm³/mol. The molecule has 1 aromatic rings. The van der Waals surface area contributed by atoms with Gasteiger partial charge in [-0.15, -0.1) is 0 Å². The molecule has 1 rings (SSSR count). The number of primary sulfonamides is 1. The monoisotopic (exact) mass is 253 g/mol. The molecule has 4 nitrogen and oxygen atoms in total. The highest BCUT2D eigenvalue weighted by Gasteiger charge is 2.10. The number of sulfonamides is 1. The first kappa shape index (κ1) is 13.7. The molecule has 0 unspecified atom stereocenters. The third-order valence-corrected chi connectivity index (χ3v) is 3.04. The van der Waals surface area contributed by atoms with Crippen molar-refractivity contribution in [2.24, 2.45) is 5.14 Å². The summed E-state index contributed by atoms with van der Waals surface area (Å²) in [7, 11) is -2.08. The molecule has 0 aromatic heterocycles. The molecule has 0 amide bonds. The van der Waals surface area contributed by atoms with Crippen LogP contribution >= 0.6 is 0 Å². The fourth-order valence-electron chi connectivity index (χ4n) is 1.28. The maximum Gasteiger partial charge on any atom is 0.239 e. The number of unbranched alkanes of at least 4 members (excludes halogenated alkanes) is 1. The molecule has 0 heterocycles. The molecule has 0 radical (unpaired) electrons. The van der Waals surface area contributed by atoms with Crippen LogP contribution in [0.1, 0.15) is 18.4 Å². The Morgan fingerprint density at radius 2 is 2.06 bits per heavy atom. The number of rotatable bonds is 4. The number of methoxy groups -OCH3 is 1. The lowest BCUT2D eigenvalue weighted by Crippen LogP contribution is -2.13. The molecule has 0 spiro atoms. The van der Waals surface area contributed by atoms with E-state index in [9.17, 15) is 8.42 Å². The first-order valence-corrected chi connectivity index (χ1v) is 6.70. The Balaban J connectivity index is 2.85. The van der Waals surface area contributed by atoms with E-state index in [-0.39, 0.29) is 4.90 Å². The molecule has 17 heavy (non-hydrogen) atoms. The smallest absolute Gasteiger partial charge is 0.239 e. The van der Waals surface area contributed by atoms with Crippen LogP contribution in [0.5, 0.6) is 0 Å². The minimum atomic E-state index is -3.71. The molecule has 0 bridgehead atoms. The molecule has 0 saturated carbocycles. The van der Waals surface area contributed by atoms with E-state index in [0.717, 1.165) is 6.42 Å². The van der Waals surface area contributed by atoms with E-state index < -0.39 is 10.0 Å². The number of nitrogens with two attached hydrogens (primary N) is 1. The lowest BCUT2D eigenvalue weighted by atomic mass is 10.2. The fourth-order valence-corrected chi connectivity index (χ4v) is 1.97. The zero-order chi connectivity index (χ0) is 12.7. The van der Waals surface area contributed by atoms with Crippen LogP contribution in [-0.2, 0) is 14.8 Å². The Labute approximate surface area is 102 Å². The normalized spacial score (nSPS) is 10.7. The molecule has 1 aromatic carbocycles.